The Bertz CT molecular complexity index is 236. The Labute approximate surface area is 74.5 Å². The lowest BCUT2D eigenvalue weighted by atomic mass is 10.4. The lowest BCUT2D eigenvalue weighted by Crippen LogP contribution is -2.30. The van der Waals surface area contributed by atoms with Crippen molar-refractivity contribution >= 4 is 17.6 Å². The van der Waals surface area contributed by atoms with Gasteiger partial charge in [-0.1, -0.05) is 0 Å². The van der Waals surface area contributed by atoms with Gasteiger partial charge in [-0.25, -0.2) is 0 Å². The van der Waals surface area contributed by atoms with Crippen LogP contribution in [0.15, 0.2) is 6.20 Å². The van der Waals surface area contributed by atoms with Crippen LogP contribution < -0.4 is 10.6 Å². The first-order valence-electron chi connectivity index (χ1n) is 3.55. The van der Waals surface area contributed by atoms with E-state index in [0.717, 1.165) is 18.3 Å². The van der Waals surface area contributed by atoms with Gasteiger partial charge >= 0.3 is 0 Å². The molecule has 1 rings (SSSR count). The second-order valence-electron chi connectivity index (χ2n) is 2.15. The molecule has 1 amide bonds. The molecule has 12 heavy (non-hydrogen) atoms. The molecule has 0 unspecified atom stereocenters. The summed E-state index contributed by atoms with van der Waals surface area (Å²) in [4.78, 5) is 11.1. The number of rotatable bonds is 4. The summed E-state index contributed by atoms with van der Waals surface area (Å²) < 4.78 is 7.52. The van der Waals surface area contributed by atoms with Crippen molar-refractivity contribution in [3.63, 3.8) is 0 Å². The summed E-state index contributed by atoms with van der Waals surface area (Å²) in [6, 6.07) is 0. The number of carbonyl (C=O) groups is 1. The number of aromatic nitrogens is 2. The summed E-state index contributed by atoms with van der Waals surface area (Å²) in [6.07, 6.45) is 1.46. The quantitative estimate of drug-likeness (QED) is 0.621. The van der Waals surface area contributed by atoms with Crippen LogP contribution in [0, 0.1) is 0 Å². The van der Waals surface area contributed by atoms with E-state index in [1.54, 1.807) is 0 Å². The van der Waals surface area contributed by atoms with Gasteiger partial charge in [0.25, 0.3) is 5.91 Å². The van der Waals surface area contributed by atoms with Crippen LogP contribution in [0.2, 0.25) is 0 Å². The Morgan fingerprint density at radius 3 is 3.08 bits per heavy atom. The molecule has 0 atom stereocenters. The number of carbonyl (C=O) groups excluding carboxylic acids is 1. The van der Waals surface area contributed by atoms with Gasteiger partial charge in [0.05, 0.1) is 17.9 Å². The van der Waals surface area contributed by atoms with Crippen molar-refractivity contribution in [2.45, 2.75) is 0 Å². The maximum atomic E-state index is 11.1. The molecule has 1 aromatic heterocycles. The van der Waals surface area contributed by atoms with Gasteiger partial charge in [-0.2, -0.15) is 8.75 Å². The molecule has 66 valence electrons. The highest BCUT2D eigenvalue weighted by molar-refractivity contribution is 6.99. The third kappa shape index (κ3) is 2.55. The molecule has 0 saturated carbocycles. The molecule has 0 aliphatic rings. The normalized spacial score (nSPS) is 9.75. The summed E-state index contributed by atoms with van der Waals surface area (Å²) in [5, 5.41) is 5.61. The molecule has 0 aromatic carbocycles. The molecule has 5 nitrogen and oxygen atoms in total. The van der Waals surface area contributed by atoms with Crippen LogP contribution in [0.4, 0.5) is 0 Å². The van der Waals surface area contributed by atoms with Crippen molar-refractivity contribution < 1.29 is 4.79 Å². The van der Waals surface area contributed by atoms with E-state index in [0.29, 0.717) is 12.2 Å². The average Bonchev–Trinajstić information content (AvgIpc) is 2.56. The molecule has 6 heteroatoms. The van der Waals surface area contributed by atoms with E-state index in [1.807, 2.05) is 7.05 Å². The first-order valence-corrected chi connectivity index (χ1v) is 4.28. The van der Waals surface area contributed by atoms with Crippen LogP contribution in [-0.4, -0.2) is 34.8 Å². The molecule has 0 saturated heterocycles. The largest absolute Gasteiger partial charge is 0.349 e. The summed E-state index contributed by atoms with van der Waals surface area (Å²) in [5.41, 5.74) is 0.385. The van der Waals surface area contributed by atoms with Crippen molar-refractivity contribution in [1.29, 1.82) is 0 Å². The molecule has 0 aliphatic carbocycles. The standard InChI is InChI=1S/C6H10N4OS/c1-7-2-3-8-6(11)5-4-9-12-10-5/h4,7H,2-3H2,1H3,(H,8,11). The zero-order chi connectivity index (χ0) is 8.81. The molecule has 0 bridgehead atoms. The molecule has 0 spiro atoms. The number of nitrogens with one attached hydrogen (secondary N) is 2. The first-order chi connectivity index (χ1) is 5.84. The molecule has 0 radical (unpaired) electrons. The van der Waals surface area contributed by atoms with E-state index < -0.39 is 0 Å². The van der Waals surface area contributed by atoms with Crippen LogP contribution in [0.25, 0.3) is 0 Å². The Kier molecular flexibility index (Phi) is 3.62. The molecule has 0 aliphatic heterocycles. The van der Waals surface area contributed by atoms with Crippen molar-refractivity contribution in [3.8, 4) is 0 Å². The van der Waals surface area contributed by atoms with Crippen LogP contribution >= 0.6 is 11.7 Å². The predicted molar refractivity (Wildman–Crippen MR) is 46.2 cm³/mol. The lowest BCUT2D eigenvalue weighted by Gasteiger charge is -2.00. The fraction of sp³-hybridized carbons (Fsp3) is 0.500. The first kappa shape index (κ1) is 9.08. The molecule has 2 N–H and O–H groups in total. The predicted octanol–water partition coefficient (Wildman–Crippen LogP) is -0.513. The van der Waals surface area contributed by atoms with Crippen LogP contribution in [0.1, 0.15) is 10.5 Å². The summed E-state index contributed by atoms with van der Waals surface area (Å²) >= 11 is 1.03. The zero-order valence-corrected chi connectivity index (χ0v) is 7.52. The van der Waals surface area contributed by atoms with Crippen molar-refractivity contribution in [3.05, 3.63) is 11.9 Å². The third-order valence-corrected chi connectivity index (χ3v) is 1.73. The Hall–Kier alpha value is -1.01. The van der Waals surface area contributed by atoms with E-state index in [4.69, 9.17) is 0 Å². The zero-order valence-electron chi connectivity index (χ0n) is 6.70. The fourth-order valence-electron chi connectivity index (χ4n) is 0.656. The second-order valence-corrected chi connectivity index (χ2v) is 2.71. The highest BCUT2D eigenvalue weighted by atomic mass is 32.1. The van der Waals surface area contributed by atoms with Crippen LogP contribution in [0.5, 0.6) is 0 Å². The van der Waals surface area contributed by atoms with Gasteiger partial charge in [0, 0.05) is 13.1 Å². The maximum Gasteiger partial charge on any atom is 0.272 e. The van der Waals surface area contributed by atoms with Crippen LogP contribution in [-0.2, 0) is 0 Å². The SMILES string of the molecule is CNCCNC(=O)c1cnsn1. The fourth-order valence-corrected chi connectivity index (χ4v) is 1.07. The number of nitrogens with zero attached hydrogens (tertiary/aromatic N) is 2. The molecular formula is C6H10N4OS. The minimum Gasteiger partial charge on any atom is -0.349 e. The Morgan fingerprint density at radius 1 is 1.67 bits per heavy atom. The topological polar surface area (TPSA) is 66.9 Å². The highest BCUT2D eigenvalue weighted by Crippen LogP contribution is 1.93. The summed E-state index contributed by atoms with van der Waals surface area (Å²) in [5.74, 6) is -0.168. The number of hydrogen-bond acceptors (Lipinski definition) is 5. The molecule has 1 aromatic rings. The Morgan fingerprint density at radius 2 is 2.50 bits per heavy atom. The van der Waals surface area contributed by atoms with E-state index in [-0.39, 0.29) is 5.91 Å². The van der Waals surface area contributed by atoms with E-state index in [9.17, 15) is 4.79 Å². The van der Waals surface area contributed by atoms with Gasteiger partial charge in [-0.05, 0) is 7.05 Å². The average molecular weight is 186 g/mol. The Balaban J connectivity index is 2.30. The summed E-state index contributed by atoms with van der Waals surface area (Å²) in [7, 11) is 1.83. The minimum atomic E-state index is -0.168. The van der Waals surface area contributed by atoms with Gasteiger partial charge in [-0.15, -0.1) is 0 Å². The van der Waals surface area contributed by atoms with Crippen molar-refractivity contribution in [1.82, 2.24) is 19.4 Å². The van der Waals surface area contributed by atoms with E-state index >= 15 is 0 Å². The summed E-state index contributed by atoms with van der Waals surface area (Å²) in [6.45, 7) is 1.36. The van der Waals surface area contributed by atoms with E-state index in [2.05, 4.69) is 19.4 Å². The van der Waals surface area contributed by atoms with Crippen molar-refractivity contribution in [2.24, 2.45) is 0 Å². The van der Waals surface area contributed by atoms with Gasteiger partial charge in [0.1, 0.15) is 0 Å². The van der Waals surface area contributed by atoms with Gasteiger partial charge in [-0.3, -0.25) is 4.79 Å². The lowest BCUT2D eigenvalue weighted by molar-refractivity contribution is 0.0950. The van der Waals surface area contributed by atoms with Crippen LogP contribution in [0.3, 0.4) is 0 Å². The van der Waals surface area contributed by atoms with Gasteiger partial charge < -0.3 is 10.6 Å². The van der Waals surface area contributed by atoms with Gasteiger partial charge in [0.2, 0.25) is 0 Å². The number of hydrogen-bond donors (Lipinski definition) is 2. The molecule has 0 fully saturated rings. The number of likely N-dealkylation sites (N-methyl/N-ethyl adjacent to an activating group) is 1. The maximum absolute atomic E-state index is 11.1. The molecular weight excluding hydrogens is 176 g/mol. The molecule has 1 heterocycles. The minimum absolute atomic E-state index is 0.168. The van der Waals surface area contributed by atoms with Crippen molar-refractivity contribution in [2.75, 3.05) is 20.1 Å². The monoisotopic (exact) mass is 186 g/mol. The van der Waals surface area contributed by atoms with E-state index in [1.165, 1.54) is 6.20 Å². The third-order valence-electron chi connectivity index (χ3n) is 1.25. The number of amides is 1. The van der Waals surface area contributed by atoms with Gasteiger partial charge in [0.15, 0.2) is 5.69 Å². The smallest absolute Gasteiger partial charge is 0.272 e. The highest BCUT2D eigenvalue weighted by Gasteiger charge is 2.06. The second kappa shape index (κ2) is 4.78.